The van der Waals surface area contributed by atoms with Crippen LogP contribution in [0.15, 0.2) is 22.6 Å². The number of aromatic nitrogens is 2. The fourth-order valence-electron chi connectivity index (χ4n) is 3.22. The molecule has 8 nitrogen and oxygen atoms in total. The first kappa shape index (κ1) is 18.2. The van der Waals surface area contributed by atoms with Crippen LogP contribution in [0.5, 0.6) is 0 Å². The number of amides is 2. The molecule has 1 fully saturated rings. The summed E-state index contributed by atoms with van der Waals surface area (Å²) in [5.41, 5.74) is 6.42. The average molecular weight is 359 g/mol. The van der Waals surface area contributed by atoms with Gasteiger partial charge in [-0.3, -0.25) is 14.7 Å². The summed E-state index contributed by atoms with van der Waals surface area (Å²) in [5.74, 6) is 1.24. The van der Waals surface area contributed by atoms with Gasteiger partial charge in [-0.05, 0) is 38.3 Å². The topological polar surface area (TPSA) is 117 Å². The minimum atomic E-state index is -0.131. The largest absolute Gasteiger partial charge is 0.460 e. The van der Waals surface area contributed by atoms with E-state index >= 15 is 0 Å². The van der Waals surface area contributed by atoms with Crippen LogP contribution in [-0.2, 0) is 4.79 Å². The Bertz CT molecular complexity index is 766. The lowest BCUT2D eigenvalue weighted by Gasteiger charge is -2.35. The van der Waals surface area contributed by atoms with Gasteiger partial charge in [0.15, 0.2) is 11.5 Å². The fraction of sp³-hybridized carbons (Fsp3) is 0.500. The van der Waals surface area contributed by atoms with E-state index in [0.717, 1.165) is 25.0 Å². The minimum Gasteiger partial charge on any atom is -0.460 e. The van der Waals surface area contributed by atoms with Crippen LogP contribution in [0.2, 0.25) is 0 Å². The molecule has 2 amide bonds. The summed E-state index contributed by atoms with van der Waals surface area (Å²) in [4.78, 5) is 26.4. The molecule has 1 aliphatic heterocycles. The number of carbonyl (C=O) groups is 2. The molecule has 0 saturated carbocycles. The van der Waals surface area contributed by atoms with Gasteiger partial charge >= 0.3 is 0 Å². The maximum Gasteiger partial charge on any atom is 0.274 e. The number of aromatic amines is 1. The van der Waals surface area contributed by atoms with Crippen molar-refractivity contribution in [2.75, 3.05) is 19.6 Å². The van der Waals surface area contributed by atoms with Crippen molar-refractivity contribution in [3.8, 4) is 11.5 Å². The van der Waals surface area contributed by atoms with Crippen molar-refractivity contribution < 1.29 is 14.0 Å². The van der Waals surface area contributed by atoms with Crippen LogP contribution in [0.3, 0.4) is 0 Å². The van der Waals surface area contributed by atoms with Crippen LogP contribution in [0, 0.1) is 6.92 Å². The van der Waals surface area contributed by atoms with Crippen molar-refractivity contribution in [1.82, 2.24) is 20.4 Å². The van der Waals surface area contributed by atoms with Crippen LogP contribution in [0.1, 0.15) is 41.9 Å². The molecule has 8 heteroatoms. The van der Waals surface area contributed by atoms with Crippen molar-refractivity contribution in [1.29, 1.82) is 0 Å². The SMILES string of the molecule is Cc1ccc(-c2cc(C(=O)N3CCCCC3CNC(=O)CCN)n[nH]2)o1. The van der Waals surface area contributed by atoms with Crippen LogP contribution in [0.4, 0.5) is 0 Å². The molecule has 1 saturated heterocycles. The van der Waals surface area contributed by atoms with Gasteiger partial charge < -0.3 is 20.4 Å². The Morgan fingerprint density at radius 3 is 3.00 bits per heavy atom. The summed E-state index contributed by atoms with van der Waals surface area (Å²) < 4.78 is 5.56. The van der Waals surface area contributed by atoms with Gasteiger partial charge in [0.1, 0.15) is 11.5 Å². The molecular formula is C18H25N5O3. The van der Waals surface area contributed by atoms with Crippen molar-refractivity contribution in [3.63, 3.8) is 0 Å². The van der Waals surface area contributed by atoms with E-state index in [1.165, 1.54) is 0 Å². The van der Waals surface area contributed by atoms with E-state index < -0.39 is 0 Å². The Morgan fingerprint density at radius 2 is 2.27 bits per heavy atom. The number of carbonyl (C=O) groups excluding carboxylic acids is 2. The molecule has 0 aliphatic carbocycles. The highest BCUT2D eigenvalue weighted by Crippen LogP contribution is 2.23. The molecule has 3 rings (SSSR count). The molecule has 0 aromatic carbocycles. The third-order valence-electron chi connectivity index (χ3n) is 4.60. The van der Waals surface area contributed by atoms with E-state index in [1.54, 1.807) is 11.0 Å². The number of likely N-dealkylation sites (tertiary alicyclic amines) is 1. The minimum absolute atomic E-state index is 0.0241. The molecule has 3 heterocycles. The Balaban J connectivity index is 1.68. The van der Waals surface area contributed by atoms with Crippen molar-refractivity contribution >= 4 is 11.8 Å². The highest BCUT2D eigenvalue weighted by Gasteiger charge is 2.29. The third-order valence-corrected chi connectivity index (χ3v) is 4.60. The van der Waals surface area contributed by atoms with Crippen LogP contribution in [0.25, 0.3) is 11.5 Å². The number of nitrogens with one attached hydrogen (secondary N) is 2. The van der Waals surface area contributed by atoms with Gasteiger partial charge in [0, 0.05) is 38.2 Å². The Labute approximate surface area is 152 Å². The zero-order valence-electron chi connectivity index (χ0n) is 15.0. The summed E-state index contributed by atoms with van der Waals surface area (Å²) in [7, 11) is 0. The number of hydrogen-bond acceptors (Lipinski definition) is 5. The fourth-order valence-corrected chi connectivity index (χ4v) is 3.22. The van der Waals surface area contributed by atoms with Crippen molar-refractivity contribution in [2.24, 2.45) is 5.73 Å². The van der Waals surface area contributed by atoms with Gasteiger partial charge in [0.2, 0.25) is 5.91 Å². The average Bonchev–Trinajstić information content (AvgIpc) is 3.29. The monoisotopic (exact) mass is 359 g/mol. The van der Waals surface area contributed by atoms with E-state index in [-0.39, 0.29) is 17.9 Å². The highest BCUT2D eigenvalue weighted by molar-refractivity contribution is 5.93. The lowest BCUT2D eigenvalue weighted by Crippen LogP contribution is -2.49. The van der Waals surface area contributed by atoms with E-state index in [4.69, 9.17) is 10.2 Å². The zero-order chi connectivity index (χ0) is 18.5. The molecule has 2 aromatic heterocycles. The zero-order valence-corrected chi connectivity index (χ0v) is 15.0. The van der Waals surface area contributed by atoms with Crippen molar-refractivity contribution in [2.45, 2.75) is 38.6 Å². The molecule has 0 radical (unpaired) electrons. The second kappa shape index (κ2) is 8.18. The number of hydrogen-bond donors (Lipinski definition) is 3. The normalized spacial score (nSPS) is 17.3. The Kier molecular flexibility index (Phi) is 5.72. The number of nitrogens with zero attached hydrogens (tertiary/aromatic N) is 2. The molecule has 26 heavy (non-hydrogen) atoms. The first-order valence-corrected chi connectivity index (χ1v) is 8.98. The predicted octanol–water partition coefficient (Wildman–Crippen LogP) is 1.44. The lowest BCUT2D eigenvalue weighted by molar-refractivity contribution is -0.121. The predicted molar refractivity (Wildman–Crippen MR) is 96.4 cm³/mol. The van der Waals surface area contributed by atoms with Gasteiger partial charge in [-0.15, -0.1) is 0 Å². The summed E-state index contributed by atoms with van der Waals surface area (Å²) in [6.07, 6.45) is 3.15. The molecule has 0 spiro atoms. The van der Waals surface area contributed by atoms with Crippen molar-refractivity contribution in [3.05, 3.63) is 29.7 Å². The molecule has 4 N–H and O–H groups in total. The summed E-state index contributed by atoms with van der Waals surface area (Å²) in [6, 6.07) is 5.39. The van der Waals surface area contributed by atoms with E-state index in [1.807, 2.05) is 19.1 Å². The molecule has 2 aromatic rings. The Hall–Kier alpha value is -2.61. The standard InChI is InChI=1S/C18H25N5O3/c1-12-5-6-16(26-12)14-10-15(22-21-14)18(25)23-9-3-2-4-13(23)11-20-17(24)7-8-19/h5-6,10,13H,2-4,7-9,11,19H2,1H3,(H,20,24)(H,21,22). The number of rotatable bonds is 6. The molecule has 140 valence electrons. The quantitative estimate of drug-likeness (QED) is 0.721. The first-order valence-electron chi connectivity index (χ1n) is 8.98. The maximum atomic E-state index is 12.9. The second-order valence-electron chi connectivity index (χ2n) is 6.57. The van der Waals surface area contributed by atoms with Crippen LogP contribution in [-0.4, -0.2) is 52.6 Å². The number of furan rings is 1. The van der Waals surface area contributed by atoms with Crippen LogP contribution >= 0.6 is 0 Å². The third kappa shape index (κ3) is 4.13. The summed E-state index contributed by atoms with van der Waals surface area (Å²) in [5, 5.41) is 9.89. The van der Waals surface area contributed by atoms with E-state index in [2.05, 4.69) is 15.5 Å². The molecule has 1 aliphatic rings. The molecule has 1 unspecified atom stereocenters. The second-order valence-corrected chi connectivity index (χ2v) is 6.57. The number of H-pyrrole nitrogens is 1. The smallest absolute Gasteiger partial charge is 0.274 e. The number of piperidine rings is 1. The summed E-state index contributed by atoms with van der Waals surface area (Å²) in [6.45, 7) is 3.29. The molecular weight excluding hydrogens is 334 g/mol. The molecule has 1 atom stereocenters. The lowest BCUT2D eigenvalue weighted by atomic mass is 10.0. The summed E-state index contributed by atoms with van der Waals surface area (Å²) >= 11 is 0. The van der Waals surface area contributed by atoms with E-state index in [0.29, 0.717) is 43.2 Å². The van der Waals surface area contributed by atoms with Gasteiger partial charge in [-0.1, -0.05) is 0 Å². The Morgan fingerprint density at radius 1 is 1.42 bits per heavy atom. The maximum absolute atomic E-state index is 12.9. The first-order chi connectivity index (χ1) is 12.6. The van der Waals surface area contributed by atoms with Gasteiger partial charge in [-0.2, -0.15) is 5.10 Å². The number of nitrogens with two attached hydrogens (primary N) is 1. The van der Waals surface area contributed by atoms with Gasteiger partial charge in [-0.25, -0.2) is 0 Å². The van der Waals surface area contributed by atoms with Crippen LogP contribution < -0.4 is 11.1 Å². The highest BCUT2D eigenvalue weighted by atomic mass is 16.3. The number of aryl methyl sites for hydroxylation is 1. The molecule has 0 bridgehead atoms. The van der Waals surface area contributed by atoms with Gasteiger partial charge in [0.25, 0.3) is 5.91 Å². The van der Waals surface area contributed by atoms with E-state index in [9.17, 15) is 9.59 Å². The van der Waals surface area contributed by atoms with Gasteiger partial charge in [0.05, 0.1) is 0 Å².